The third-order valence-corrected chi connectivity index (χ3v) is 2.84. The van der Waals surface area contributed by atoms with Crippen LogP contribution in [-0.2, 0) is 0 Å². The number of anilines is 2. The van der Waals surface area contributed by atoms with Gasteiger partial charge in [0.2, 0.25) is 0 Å². The minimum atomic E-state index is -0.304. The minimum absolute atomic E-state index is 0.268. The number of aromatic amines is 1. The number of halogens is 1. The van der Waals surface area contributed by atoms with E-state index in [4.69, 9.17) is 5.73 Å². The average Bonchev–Trinajstić information content (AvgIpc) is 2.70. The van der Waals surface area contributed by atoms with Crippen LogP contribution in [-0.4, -0.2) is 16.1 Å². The second kappa shape index (κ2) is 4.58. The lowest BCUT2D eigenvalue weighted by Gasteiger charge is -2.08. The molecule has 1 aromatic carbocycles. The lowest BCUT2D eigenvalue weighted by molar-refractivity contribution is 0.102. The first-order valence-electron chi connectivity index (χ1n) is 4.94. The van der Waals surface area contributed by atoms with Crippen LogP contribution in [0.3, 0.4) is 0 Å². The lowest BCUT2D eigenvalue weighted by atomic mass is 10.2. The number of rotatable bonds is 2. The van der Waals surface area contributed by atoms with Crippen molar-refractivity contribution in [2.24, 2.45) is 0 Å². The van der Waals surface area contributed by atoms with Gasteiger partial charge >= 0.3 is 0 Å². The van der Waals surface area contributed by atoms with E-state index in [1.54, 1.807) is 0 Å². The molecule has 0 atom stereocenters. The highest BCUT2D eigenvalue weighted by Crippen LogP contribution is 2.21. The Hall–Kier alpha value is -1.82. The predicted octanol–water partition coefficient (Wildman–Crippen LogP) is 2.32. The van der Waals surface area contributed by atoms with Crippen LogP contribution < -0.4 is 11.1 Å². The van der Waals surface area contributed by atoms with E-state index in [1.165, 1.54) is 6.20 Å². The maximum absolute atomic E-state index is 11.9. The summed E-state index contributed by atoms with van der Waals surface area (Å²) >= 11 is 3.35. The molecule has 0 aliphatic heterocycles. The van der Waals surface area contributed by atoms with E-state index in [1.807, 2.05) is 25.1 Å². The van der Waals surface area contributed by atoms with Crippen LogP contribution >= 0.6 is 15.9 Å². The molecule has 0 saturated heterocycles. The van der Waals surface area contributed by atoms with Gasteiger partial charge in [-0.3, -0.25) is 9.89 Å². The van der Waals surface area contributed by atoms with E-state index < -0.39 is 0 Å². The molecule has 1 heterocycles. The molecule has 0 unspecified atom stereocenters. The molecule has 88 valence electrons. The van der Waals surface area contributed by atoms with E-state index in [0.717, 1.165) is 15.7 Å². The van der Waals surface area contributed by atoms with Gasteiger partial charge in [0.15, 0.2) is 0 Å². The van der Waals surface area contributed by atoms with Crippen LogP contribution in [0.2, 0.25) is 0 Å². The Kier molecular flexibility index (Phi) is 3.14. The Bertz CT molecular complexity index is 564. The summed E-state index contributed by atoms with van der Waals surface area (Å²) in [4.78, 5) is 11.9. The maximum atomic E-state index is 11.9. The Balaban J connectivity index is 2.24. The van der Waals surface area contributed by atoms with Crippen molar-refractivity contribution in [1.82, 2.24) is 10.2 Å². The van der Waals surface area contributed by atoms with Crippen LogP contribution in [0.5, 0.6) is 0 Å². The van der Waals surface area contributed by atoms with Crippen molar-refractivity contribution in [2.45, 2.75) is 6.92 Å². The quantitative estimate of drug-likeness (QED) is 0.795. The molecule has 1 amide bonds. The Morgan fingerprint density at radius 3 is 2.94 bits per heavy atom. The van der Waals surface area contributed by atoms with Gasteiger partial charge < -0.3 is 11.1 Å². The molecule has 2 rings (SSSR count). The summed E-state index contributed by atoms with van der Waals surface area (Å²) in [6, 6.07) is 5.66. The highest BCUT2D eigenvalue weighted by molar-refractivity contribution is 9.10. The Morgan fingerprint density at radius 2 is 2.29 bits per heavy atom. The lowest BCUT2D eigenvalue weighted by Crippen LogP contribution is -2.14. The number of hydrogen-bond acceptors (Lipinski definition) is 3. The molecule has 0 aliphatic carbocycles. The number of nitrogens with one attached hydrogen (secondary N) is 2. The molecule has 4 N–H and O–H groups in total. The number of aryl methyl sites for hydroxylation is 1. The number of H-pyrrole nitrogens is 1. The number of carbonyl (C=O) groups is 1. The van der Waals surface area contributed by atoms with Crippen molar-refractivity contribution in [2.75, 3.05) is 11.1 Å². The minimum Gasteiger partial charge on any atom is -0.396 e. The second-order valence-corrected chi connectivity index (χ2v) is 4.53. The average molecular weight is 295 g/mol. The van der Waals surface area contributed by atoms with E-state index in [2.05, 4.69) is 31.4 Å². The number of hydrogen-bond donors (Lipinski definition) is 3. The standard InChI is InChI=1S/C11H11BrN4O/c1-6-2-3-7(12)4-9(6)15-11(17)10-8(13)5-14-16-10/h2-5H,13H2,1H3,(H,14,16)(H,15,17). The first kappa shape index (κ1) is 11.7. The summed E-state index contributed by atoms with van der Waals surface area (Å²) in [6.07, 6.45) is 1.41. The first-order chi connectivity index (χ1) is 8.08. The SMILES string of the molecule is Cc1ccc(Br)cc1NC(=O)c1[nH]ncc1N. The van der Waals surface area contributed by atoms with Crippen molar-refractivity contribution in [1.29, 1.82) is 0 Å². The van der Waals surface area contributed by atoms with Crippen molar-refractivity contribution in [3.8, 4) is 0 Å². The Morgan fingerprint density at radius 1 is 1.53 bits per heavy atom. The fraction of sp³-hybridized carbons (Fsp3) is 0.0909. The number of nitrogen functional groups attached to an aromatic ring is 1. The summed E-state index contributed by atoms with van der Waals surface area (Å²) in [5.74, 6) is -0.304. The summed E-state index contributed by atoms with van der Waals surface area (Å²) < 4.78 is 0.899. The monoisotopic (exact) mass is 294 g/mol. The molecule has 6 heteroatoms. The fourth-order valence-electron chi connectivity index (χ4n) is 1.39. The number of benzene rings is 1. The number of nitrogens with two attached hydrogens (primary N) is 1. The fourth-order valence-corrected chi connectivity index (χ4v) is 1.75. The highest BCUT2D eigenvalue weighted by Gasteiger charge is 2.12. The van der Waals surface area contributed by atoms with E-state index in [-0.39, 0.29) is 11.6 Å². The van der Waals surface area contributed by atoms with E-state index >= 15 is 0 Å². The van der Waals surface area contributed by atoms with Crippen molar-refractivity contribution < 1.29 is 4.79 Å². The summed E-state index contributed by atoms with van der Waals surface area (Å²) in [6.45, 7) is 1.92. The molecule has 0 aliphatic rings. The summed E-state index contributed by atoms with van der Waals surface area (Å²) in [7, 11) is 0. The van der Waals surface area contributed by atoms with Gasteiger partial charge in [-0.05, 0) is 24.6 Å². The van der Waals surface area contributed by atoms with Gasteiger partial charge in [-0.2, -0.15) is 5.10 Å². The molecule has 0 radical (unpaired) electrons. The molecular weight excluding hydrogens is 284 g/mol. The van der Waals surface area contributed by atoms with E-state index in [0.29, 0.717) is 5.69 Å². The van der Waals surface area contributed by atoms with Gasteiger partial charge in [0.05, 0.1) is 11.9 Å². The molecular formula is C11H11BrN4O. The van der Waals surface area contributed by atoms with Gasteiger partial charge in [-0.25, -0.2) is 0 Å². The first-order valence-corrected chi connectivity index (χ1v) is 5.73. The molecule has 17 heavy (non-hydrogen) atoms. The van der Waals surface area contributed by atoms with E-state index in [9.17, 15) is 4.79 Å². The zero-order valence-electron chi connectivity index (χ0n) is 9.12. The van der Waals surface area contributed by atoms with Crippen molar-refractivity contribution in [3.63, 3.8) is 0 Å². The third-order valence-electron chi connectivity index (χ3n) is 2.34. The van der Waals surface area contributed by atoms with Gasteiger partial charge in [0.1, 0.15) is 5.69 Å². The maximum Gasteiger partial charge on any atom is 0.275 e. The normalized spacial score (nSPS) is 10.2. The topological polar surface area (TPSA) is 83.8 Å². The summed E-state index contributed by atoms with van der Waals surface area (Å²) in [5, 5.41) is 9.04. The van der Waals surface area contributed by atoms with Crippen molar-refractivity contribution >= 4 is 33.2 Å². The molecule has 5 nitrogen and oxygen atoms in total. The van der Waals surface area contributed by atoms with Crippen LogP contribution in [0, 0.1) is 6.92 Å². The van der Waals surface area contributed by atoms with Crippen LogP contribution in [0.15, 0.2) is 28.9 Å². The van der Waals surface area contributed by atoms with Crippen LogP contribution in [0.1, 0.15) is 16.1 Å². The molecule has 1 aromatic heterocycles. The predicted molar refractivity (Wildman–Crippen MR) is 69.8 cm³/mol. The smallest absolute Gasteiger partial charge is 0.275 e. The van der Waals surface area contributed by atoms with Gasteiger partial charge in [-0.1, -0.05) is 22.0 Å². The van der Waals surface area contributed by atoms with Crippen LogP contribution in [0.25, 0.3) is 0 Å². The van der Waals surface area contributed by atoms with Gasteiger partial charge in [-0.15, -0.1) is 0 Å². The largest absolute Gasteiger partial charge is 0.396 e. The molecule has 0 saturated carbocycles. The molecule has 0 bridgehead atoms. The zero-order valence-corrected chi connectivity index (χ0v) is 10.7. The number of aromatic nitrogens is 2. The molecule has 0 spiro atoms. The zero-order chi connectivity index (χ0) is 12.4. The summed E-state index contributed by atoms with van der Waals surface area (Å²) in [5.41, 5.74) is 7.90. The number of carbonyl (C=O) groups excluding carboxylic acids is 1. The number of nitrogens with zero attached hydrogens (tertiary/aromatic N) is 1. The molecule has 2 aromatic rings. The van der Waals surface area contributed by atoms with Crippen molar-refractivity contribution in [3.05, 3.63) is 40.1 Å². The van der Waals surface area contributed by atoms with Gasteiger partial charge in [0.25, 0.3) is 5.91 Å². The highest BCUT2D eigenvalue weighted by atomic mass is 79.9. The Labute approximate surface area is 107 Å². The number of amides is 1. The van der Waals surface area contributed by atoms with Crippen LogP contribution in [0.4, 0.5) is 11.4 Å². The second-order valence-electron chi connectivity index (χ2n) is 3.61. The van der Waals surface area contributed by atoms with Gasteiger partial charge in [0, 0.05) is 10.2 Å². The third kappa shape index (κ3) is 2.47. The molecule has 0 fully saturated rings.